The second kappa shape index (κ2) is 8.22. The normalized spacial score (nSPS) is 20.2. The summed E-state index contributed by atoms with van der Waals surface area (Å²) in [6.45, 7) is 1.52. The molecule has 0 bridgehead atoms. The number of hydrogen-bond donors (Lipinski definition) is 2. The average Bonchev–Trinajstić information content (AvgIpc) is 3.00. The number of aliphatic carboxylic acids is 1. The molecule has 0 aliphatic carbocycles. The Morgan fingerprint density at radius 3 is 3.12 bits per heavy atom. The first kappa shape index (κ1) is 18.2. The number of pyridine rings is 1. The third-order valence-corrected chi connectivity index (χ3v) is 5.22. The molecule has 26 heavy (non-hydrogen) atoms. The van der Waals surface area contributed by atoms with Crippen molar-refractivity contribution in [2.45, 2.75) is 51.0 Å². The molecule has 1 amide bonds. The number of nitrogens with one attached hydrogen (secondary N) is 1. The zero-order chi connectivity index (χ0) is 18.5. The number of hydrogen-bond acceptors (Lipinski definition) is 4. The van der Waals surface area contributed by atoms with E-state index in [9.17, 15) is 9.59 Å². The summed E-state index contributed by atoms with van der Waals surface area (Å²) in [5.74, 6) is 2.41. The minimum atomic E-state index is -0.976. The molecule has 138 valence electrons. The number of terminal acetylenes is 1. The Bertz CT molecular complexity index is 726. The van der Waals surface area contributed by atoms with Gasteiger partial charge in [0, 0.05) is 24.7 Å². The van der Waals surface area contributed by atoms with Crippen LogP contribution in [-0.4, -0.2) is 46.0 Å². The lowest BCUT2D eigenvalue weighted by Crippen LogP contribution is -2.38. The Morgan fingerprint density at radius 1 is 1.50 bits per heavy atom. The van der Waals surface area contributed by atoms with Crippen molar-refractivity contribution in [3.05, 3.63) is 23.4 Å². The maximum absolute atomic E-state index is 12.5. The van der Waals surface area contributed by atoms with Crippen LogP contribution in [-0.2, 0) is 22.4 Å². The summed E-state index contributed by atoms with van der Waals surface area (Å²) in [5.41, 5.74) is 2.33. The SMILES string of the molecule is C#C[C@H](CC(=O)O)N1CCC(CCCc2ccc3c(n2)NCCC3)C1=O. The van der Waals surface area contributed by atoms with Crippen LogP contribution in [0.15, 0.2) is 12.1 Å². The van der Waals surface area contributed by atoms with Crippen LogP contribution in [0.2, 0.25) is 0 Å². The monoisotopic (exact) mass is 355 g/mol. The van der Waals surface area contributed by atoms with E-state index >= 15 is 0 Å². The first-order valence-corrected chi connectivity index (χ1v) is 9.29. The van der Waals surface area contributed by atoms with Gasteiger partial charge in [-0.3, -0.25) is 9.59 Å². The molecule has 0 saturated carbocycles. The first-order valence-electron chi connectivity index (χ1n) is 9.29. The predicted octanol–water partition coefficient (Wildman–Crippen LogP) is 2.09. The van der Waals surface area contributed by atoms with Crippen LogP contribution in [0.3, 0.4) is 0 Å². The second-order valence-corrected chi connectivity index (χ2v) is 7.03. The quantitative estimate of drug-likeness (QED) is 0.732. The third kappa shape index (κ3) is 4.16. The summed E-state index contributed by atoms with van der Waals surface area (Å²) in [6, 6.07) is 3.59. The Labute approximate surface area is 154 Å². The third-order valence-electron chi connectivity index (χ3n) is 5.22. The highest BCUT2D eigenvalue weighted by molar-refractivity contribution is 5.82. The molecule has 2 aliphatic heterocycles. The Hall–Kier alpha value is -2.55. The molecule has 2 N–H and O–H groups in total. The fraction of sp³-hybridized carbons (Fsp3) is 0.550. The summed E-state index contributed by atoms with van der Waals surface area (Å²) >= 11 is 0. The van der Waals surface area contributed by atoms with E-state index in [1.165, 1.54) is 5.56 Å². The smallest absolute Gasteiger partial charge is 0.306 e. The molecule has 1 aromatic heterocycles. The molecule has 6 nitrogen and oxygen atoms in total. The minimum absolute atomic E-state index is 0.00531. The van der Waals surface area contributed by atoms with Crippen LogP contribution in [0.1, 0.15) is 43.4 Å². The number of aryl methyl sites for hydroxylation is 2. The summed E-state index contributed by atoms with van der Waals surface area (Å²) in [6.07, 6.45) is 10.7. The van der Waals surface area contributed by atoms with Crippen molar-refractivity contribution >= 4 is 17.7 Å². The fourth-order valence-electron chi connectivity index (χ4n) is 3.80. The molecular weight excluding hydrogens is 330 g/mol. The second-order valence-electron chi connectivity index (χ2n) is 7.03. The van der Waals surface area contributed by atoms with E-state index in [1.807, 2.05) is 0 Å². The molecule has 1 saturated heterocycles. The van der Waals surface area contributed by atoms with E-state index in [2.05, 4.69) is 28.4 Å². The number of carboxylic acid groups (broad SMARTS) is 1. The molecule has 1 fully saturated rings. The lowest BCUT2D eigenvalue weighted by molar-refractivity contribution is -0.139. The van der Waals surface area contributed by atoms with Crippen LogP contribution in [0.5, 0.6) is 0 Å². The zero-order valence-electron chi connectivity index (χ0n) is 14.9. The van der Waals surface area contributed by atoms with Crippen LogP contribution in [0, 0.1) is 18.3 Å². The number of nitrogens with zero attached hydrogens (tertiary/aromatic N) is 2. The van der Waals surface area contributed by atoms with Crippen LogP contribution in [0.4, 0.5) is 5.82 Å². The molecule has 3 rings (SSSR count). The van der Waals surface area contributed by atoms with Gasteiger partial charge in [0.1, 0.15) is 11.9 Å². The van der Waals surface area contributed by atoms with Crippen molar-refractivity contribution in [3.63, 3.8) is 0 Å². The van der Waals surface area contributed by atoms with Gasteiger partial charge in [0.05, 0.1) is 6.42 Å². The van der Waals surface area contributed by atoms with E-state index in [4.69, 9.17) is 11.5 Å². The predicted molar refractivity (Wildman–Crippen MR) is 98.7 cm³/mol. The Morgan fingerprint density at radius 2 is 2.35 bits per heavy atom. The van der Waals surface area contributed by atoms with Gasteiger partial charge >= 0.3 is 5.97 Å². The average molecular weight is 355 g/mol. The van der Waals surface area contributed by atoms with E-state index in [0.717, 1.165) is 56.6 Å². The molecule has 2 aliphatic rings. The number of carbonyl (C=O) groups is 2. The van der Waals surface area contributed by atoms with Gasteiger partial charge in [0.2, 0.25) is 5.91 Å². The van der Waals surface area contributed by atoms with Gasteiger partial charge in [0.25, 0.3) is 0 Å². The highest BCUT2D eigenvalue weighted by Crippen LogP contribution is 2.26. The van der Waals surface area contributed by atoms with E-state index in [-0.39, 0.29) is 18.2 Å². The van der Waals surface area contributed by atoms with Gasteiger partial charge in [0.15, 0.2) is 0 Å². The van der Waals surface area contributed by atoms with Crippen molar-refractivity contribution in [1.82, 2.24) is 9.88 Å². The highest BCUT2D eigenvalue weighted by Gasteiger charge is 2.35. The summed E-state index contributed by atoms with van der Waals surface area (Å²) in [4.78, 5) is 29.7. The van der Waals surface area contributed by atoms with Crippen LogP contribution in [0.25, 0.3) is 0 Å². The summed E-state index contributed by atoms with van der Waals surface area (Å²) in [5, 5.41) is 12.3. The first-order chi connectivity index (χ1) is 12.6. The largest absolute Gasteiger partial charge is 0.481 e. The van der Waals surface area contributed by atoms with Crippen molar-refractivity contribution in [3.8, 4) is 12.3 Å². The number of carboxylic acids is 1. The summed E-state index contributed by atoms with van der Waals surface area (Å²) < 4.78 is 0. The molecule has 2 atom stereocenters. The topological polar surface area (TPSA) is 82.5 Å². The van der Waals surface area contributed by atoms with Crippen molar-refractivity contribution in [1.29, 1.82) is 0 Å². The lowest BCUT2D eigenvalue weighted by Gasteiger charge is -2.22. The fourth-order valence-corrected chi connectivity index (χ4v) is 3.80. The highest BCUT2D eigenvalue weighted by atomic mass is 16.4. The van der Waals surface area contributed by atoms with Gasteiger partial charge in [-0.2, -0.15) is 0 Å². The van der Waals surface area contributed by atoms with E-state index in [1.54, 1.807) is 4.90 Å². The Kier molecular flexibility index (Phi) is 5.77. The number of carbonyl (C=O) groups excluding carboxylic acids is 1. The van der Waals surface area contributed by atoms with Gasteiger partial charge < -0.3 is 15.3 Å². The van der Waals surface area contributed by atoms with Gasteiger partial charge in [-0.15, -0.1) is 6.42 Å². The van der Waals surface area contributed by atoms with Crippen molar-refractivity contribution in [2.24, 2.45) is 5.92 Å². The molecule has 6 heteroatoms. The molecule has 0 spiro atoms. The van der Waals surface area contributed by atoms with E-state index < -0.39 is 12.0 Å². The molecule has 0 aromatic carbocycles. The number of anilines is 1. The number of fused-ring (bicyclic) bond motifs is 1. The molecule has 1 aromatic rings. The lowest BCUT2D eigenvalue weighted by atomic mass is 9.99. The van der Waals surface area contributed by atoms with Crippen molar-refractivity contribution in [2.75, 3.05) is 18.4 Å². The van der Waals surface area contributed by atoms with E-state index in [0.29, 0.717) is 6.54 Å². The standard InChI is InChI=1S/C20H25N3O3/c1-2-17(13-18(24)25)23-12-10-15(20(23)26)5-3-7-16-9-8-14-6-4-11-21-19(14)22-16/h1,8-9,15,17H,3-7,10-13H2,(H,21,22)(H,24,25)/t15?,17-/m1/s1. The van der Waals surface area contributed by atoms with Crippen molar-refractivity contribution < 1.29 is 14.7 Å². The zero-order valence-corrected chi connectivity index (χ0v) is 14.9. The number of aromatic nitrogens is 1. The van der Waals surface area contributed by atoms with Gasteiger partial charge in [-0.25, -0.2) is 4.98 Å². The minimum Gasteiger partial charge on any atom is -0.481 e. The maximum Gasteiger partial charge on any atom is 0.306 e. The molecular formula is C20H25N3O3. The Balaban J connectivity index is 1.50. The molecule has 0 radical (unpaired) electrons. The van der Waals surface area contributed by atoms with Gasteiger partial charge in [-0.1, -0.05) is 12.0 Å². The van der Waals surface area contributed by atoms with Crippen LogP contribution < -0.4 is 5.32 Å². The maximum atomic E-state index is 12.5. The van der Waals surface area contributed by atoms with Gasteiger partial charge in [-0.05, 0) is 50.2 Å². The molecule has 1 unspecified atom stereocenters. The number of likely N-dealkylation sites (tertiary alicyclic amines) is 1. The number of rotatable bonds is 7. The summed E-state index contributed by atoms with van der Waals surface area (Å²) in [7, 11) is 0. The number of amides is 1. The molecule has 3 heterocycles. The van der Waals surface area contributed by atoms with Crippen LogP contribution >= 0.6 is 0 Å².